The van der Waals surface area contributed by atoms with Gasteiger partial charge in [-0.2, -0.15) is 4.31 Å². The molecule has 0 saturated carbocycles. The number of piperidine rings is 1. The minimum atomic E-state index is -3.89. The van der Waals surface area contributed by atoms with Crippen LogP contribution < -0.4 is 15.4 Å². The summed E-state index contributed by atoms with van der Waals surface area (Å²) in [5.41, 5.74) is 0.617. The van der Waals surface area contributed by atoms with Crippen molar-refractivity contribution in [2.24, 2.45) is 5.92 Å². The molecular formula is C21H22FN3O5S. The van der Waals surface area contributed by atoms with Crippen molar-refractivity contribution in [3.05, 3.63) is 48.3 Å². The fraction of sp³-hybridized carbons (Fsp3) is 0.333. The maximum atomic E-state index is 13.4. The molecule has 2 aromatic rings. The van der Waals surface area contributed by atoms with E-state index < -0.39 is 27.9 Å². The third-order valence-electron chi connectivity index (χ3n) is 5.37. The summed E-state index contributed by atoms with van der Waals surface area (Å²) in [6.07, 6.45) is 0.386. The smallest absolute Gasteiger partial charge is 0.265 e. The molecule has 2 aromatic carbocycles. The summed E-state index contributed by atoms with van der Waals surface area (Å²) in [6, 6.07) is 9.84. The van der Waals surface area contributed by atoms with E-state index in [9.17, 15) is 22.4 Å². The lowest BCUT2D eigenvalue weighted by Crippen LogP contribution is -2.43. The molecule has 0 bridgehead atoms. The lowest BCUT2D eigenvalue weighted by atomic mass is 9.99. The summed E-state index contributed by atoms with van der Waals surface area (Å²) in [6.45, 7) is 1.90. The zero-order chi connectivity index (χ0) is 22.2. The molecule has 2 aliphatic rings. The van der Waals surface area contributed by atoms with Crippen molar-refractivity contribution in [3.8, 4) is 5.75 Å². The van der Waals surface area contributed by atoms with Crippen LogP contribution in [0.1, 0.15) is 19.8 Å². The number of hydrogen-bond donors (Lipinski definition) is 2. The van der Waals surface area contributed by atoms with Gasteiger partial charge in [0.25, 0.3) is 5.91 Å². The number of hydrogen-bond acceptors (Lipinski definition) is 5. The highest BCUT2D eigenvalue weighted by atomic mass is 32.2. The molecule has 4 rings (SSSR count). The van der Waals surface area contributed by atoms with E-state index in [0.29, 0.717) is 30.0 Å². The van der Waals surface area contributed by atoms with Gasteiger partial charge in [-0.05, 0) is 56.2 Å². The average Bonchev–Trinajstić information content (AvgIpc) is 2.74. The lowest BCUT2D eigenvalue weighted by Gasteiger charge is -2.31. The summed E-state index contributed by atoms with van der Waals surface area (Å²) in [7, 11) is -3.89. The number of carbonyl (C=O) groups is 2. The Morgan fingerprint density at radius 1 is 1.26 bits per heavy atom. The molecule has 31 heavy (non-hydrogen) atoms. The first-order chi connectivity index (χ1) is 14.7. The molecule has 0 aromatic heterocycles. The van der Waals surface area contributed by atoms with Crippen LogP contribution in [0.25, 0.3) is 0 Å². The molecule has 8 nitrogen and oxygen atoms in total. The van der Waals surface area contributed by atoms with Crippen molar-refractivity contribution in [1.29, 1.82) is 0 Å². The summed E-state index contributed by atoms with van der Waals surface area (Å²) in [5, 5.41) is 5.29. The van der Waals surface area contributed by atoms with Crippen molar-refractivity contribution in [2.75, 3.05) is 23.7 Å². The number of rotatable bonds is 4. The van der Waals surface area contributed by atoms with E-state index in [2.05, 4.69) is 10.6 Å². The second-order valence-electron chi connectivity index (χ2n) is 7.61. The Labute approximate surface area is 179 Å². The Hall–Kier alpha value is -2.98. The molecule has 2 atom stereocenters. The van der Waals surface area contributed by atoms with Crippen LogP contribution in [0.2, 0.25) is 0 Å². The molecule has 2 amide bonds. The molecule has 1 saturated heterocycles. The molecule has 0 spiro atoms. The average molecular weight is 447 g/mol. The Kier molecular flexibility index (Phi) is 5.67. The molecule has 2 unspecified atom stereocenters. The fourth-order valence-corrected chi connectivity index (χ4v) is 5.23. The maximum absolute atomic E-state index is 13.4. The Balaban J connectivity index is 1.50. The third-order valence-corrected chi connectivity index (χ3v) is 7.23. The predicted molar refractivity (Wildman–Crippen MR) is 112 cm³/mol. The molecule has 10 heteroatoms. The molecule has 164 valence electrons. The van der Waals surface area contributed by atoms with E-state index in [-0.39, 0.29) is 29.8 Å². The van der Waals surface area contributed by atoms with E-state index in [1.165, 1.54) is 40.7 Å². The largest absolute Gasteiger partial charge is 0.479 e. The first kappa shape index (κ1) is 21.3. The molecule has 0 radical (unpaired) electrons. The van der Waals surface area contributed by atoms with Gasteiger partial charge < -0.3 is 15.4 Å². The van der Waals surface area contributed by atoms with Crippen LogP contribution in [-0.4, -0.2) is 43.7 Å². The highest BCUT2D eigenvalue weighted by Crippen LogP contribution is 2.33. The van der Waals surface area contributed by atoms with E-state index >= 15 is 0 Å². The van der Waals surface area contributed by atoms with Gasteiger partial charge >= 0.3 is 0 Å². The maximum Gasteiger partial charge on any atom is 0.265 e. The quantitative estimate of drug-likeness (QED) is 0.750. The number of fused-ring (bicyclic) bond motifs is 1. The predicted octanol–water partition coefficient (Wildman–Crippen LogP) is 2.58. The van der Waals surface area contributed by atoms with Crippen LogP contribution in [0.4, 0.5) is 15.8 Å². The van der Waals surface area contributed by atoms with E-state index in [1.807, 2.05) is 0 Å². The second-order valence-corrected chi connectivity index (χ2v) is 9.55. The third kappa shape index (κ3) is 4.40. The van der Waals surface area contributed by atoms with Crippen molar-refractivity contribution < 1.29 is 27.1 Å². The van der Waals surface area contributed by atoms with Crippen LogP contribution in [0.5, 0.6) is 5.75 Å². The van der Waals surface area contributed by atoms with E-state index in [1.54, 1.807) is 13.0 Å². The first-order valence-electron chi connectivity index (χ1n) is 9.92. The number of sulfonamides is 1. The van der Waals surface area contributed by atoms with Gasteiger partial charge in [0, 0.05) is 18.8 Å². The lowest BCUT2D eigenvalue weighted by molar-refractivity contribution is -0.123. The molecule has 2 aliphatic heterocycles. The summed E-state index contributed by atoms with van der Waals surface area (Å²) >= 11 is 0. The van der Waals surface area contributed by atoms with Gasteiger partial charge in [0.05, 0.1) is 16.5 Å². The number of ether oxygens (including phenoxy) is 1. The van der Waals surface area contributed by atoms with Crippen LogP contribution in [0.3, 0.4) is 0 Å². The Morgan fingerprint density at radius 2 is 2.06 bits per heavy atom. The molecular weight excluding hydrogens is 425 g/mol. The van der Waals surface area contributed by atoms with Crippen molar-refractivity contribution >= 4 is 33.2 Å². The zero-order valence-corrected chi connectivity index (χ0v) is 17.6. The standard InChI is InChI=1S/C21H22FN3O5S/c1-13-20(26)24-18-11-17(7-8-19(18)30-13)31(28,29)25-9-3-4-14(12-25)21(27)23-16-6-2-5-15(22)10-16/h2,5-8,10-11,13-14H,3-4,9,12H2,1H3,(H,23,27)(H,24,26). The van der Waals surface area contributed by atoms with Crippen molar-refractivity contribution in [3.63, 3.8) is 0 Å². The number of benzene rings is 2. The van der Waals surface area contributed by atoms with Gasteiger partial charge in [-0.1, -0.05) is 6.07 Å². The Bertz CT molecular complexity index is 1140. The number of nitrogens with one attached hydrogen (secondary N) is 2. The van der Waals surface area contributed by atoms with Crippen LogP contribution in [-0.2, 0) is 19.6 Å². The van der Waals surface area contributed by atoms with E-state index in [4.69, 9.17) is 4.74 Å². The van der Waals surface area contributed by atoms with E-state index in [0.717, 1.165) is 0 Å². The summed E-state index contributed by atoms with van der Waals surface area (Å²) in [4.78, 5) is 24.5. The van der Waals surface area contributed by atoms with Crippen molar-refractivity contribution in [1.82, 2.24) is 4.31 Å². The summed E-state index contributed by atoms with van der Waals surface area (Å²) < 4.78 is 46.5. The molecule has 1 fully saturated rings. The zero-order valence-electron chi connectivity index (χ0n) is 16.8. The van der Waals surface area contributed by atoms with Crippen molar-refractivity contribution in [2.45, 2.75) is 30.8 Å². The Morgan fingerprint density at radius 3 is 2.84 bits per heavy atom. The number of carbonyl (C=O) groups excluding carboxylic acids is 2. The van der Waals surface area contributed by atoms with Crippen LogP contribution in [0, 0.1) is 11.7 Å². The number of anilines is 2. The van der Waals surface area contributed by atoms with Crippen LogP contribution in [0.15, 0.2) is 47.4 Å². The van der Waals surface area contributed by atoms with Gasteiger partial charge in [-0.25, -0.2) is 12.8 Å². The summed E-state index contributed by atoms with van der Waals surface area (Å²) in [5.74, 6) is -1.34. The number of amides is 2. The molecule has 2 heterocycles. The number of nitrogens with zero attached hydrogens (tertiary/aromatic N) is 1. The minimum Gasteiger partial charge on any atom is -0.479 e. The highest BCUT2D eigenvalue weighted by molar-refractivity contribution is 7.89. The van der Waals surface area contributed by atoms with Gasteiger partial charge in [0.15, 0.2) is 6.10 Å². The fourth-order valence-electron chi connectivity index (χ4n) is 3.68. The second kappa shape index (κ2) is 8.27. The molecule has 0 aliphatic carbocycles. The van der Waals surface area contributed by atoms with Gasteiger partial charge in [-0.15, -0.1) is 0 Å². The topological polar surface area (TPSA) is 105 Å². The SMILES string of the molecule is CC1Oc2ccc(S(=O)(=O)N3CCCC(C(=O)Nc4cccc(F)c4)C3)cc2NC1=O. The number of halogens is 1. The first-order valence-corrected chi connectivity index (χ1v) is 11.4. The minimum absolute atomic E-state index is 0.0101. The highest BCUT2D eigenvalue weighted by Gasteiger charge is 2.34. The molecule has 2 N–H and O–H groups in total. The van der Waals surface area contributed by atoms with Gasteiger partial charge in [0.2, 0.25) is 15.9 Å². The van der Waals surface area contributed by atoms with Gasteiger partial charge in [0.1, 0.15) is 11.6 Å². The normalized spacial score (nSPS) is 21.5. The van der Waals surface area contributed by atoms with Gasteiger partial charge in [-0.3, -0.25) is 9.59 Å². The van der Waals surface area contributed by atoms with Crippen LogP contribution >= 0.6 is 0 Å². The monoisotopic (exact) mass is 447 g/mol.